The van der Waals surface area contributed by atoms with E-state index < -0.39 is 37.4 Å². The standard InChI is InChI=1S/C29H36F3N5O3/c1-3-20-7-9-21(10-8-20)26(34)37(14-13-29(30,31)32)27(39)35-17-24(33)23-11-12-28(40,18-38)16-25(23)36-22-6-4-5-19(2)15-22/h4-10,15,34,38,40H,3,11-14,16-18,33H2,1-2H3,(H,35,39)/b24-23-,34-26?,36-25?. The second-order valence-corrected chi connectivity index (χ2v) is 10.0. The van der Waals surface area contributed by atoms with Crippen LogP contribution in [0.1, 0.15) is 49.3 Å². The number of aliphatic hydroxyl groups is 2. The van der Waals surface area contributed by atoms with Gasteiger partial charge in [0.15, 0.2) is 0 Å². The van der Waals surface area contributed by atoms with Crippen molar-refractivity contribution in [2.45, 2.75) is 57.7 Å². The first kappa shape index (κ1) is 30.8. The molecule has 0 saturated heterocycles. The van der Waals surface area contributed by atoms with E-state index in [1.807, 2.05) is 32.0 Å². The Morgan fingerprint density at radius 2 is 1.93 bits per heavy atom. The summed E-state index contributed by atoms with van der Waals surface area (Å²) in [5, 5.41) is 31.4. The number of aliphatic imine (C=N–C) groups is 1. The molecule has 1 saturated carbocycles. The molecule has 0 heterocycles. The minimum absolute atomic E-state index is 0.0392. The van der Waals surface area contributed by atoms with E-state index in [0.29, 0.717) is 22.5 Å². The number of carbonyl (C=O) groups is 1. The van der Waals surface area contributed by atoms with Crippen molar-refractivity contribution in [3.8, 4) is 0 Å². The molecule has 0 bridgehead atoms. The molecule has 40 heavy (non-hydrogen) atoms. The van der Waals surface area contributed by atoms with Crippen molar-refractivity contribution < 1.29 is 28.2 Å². The van der Waals surface area contributed by atoms with Gasteiger partial charge in [-0.2, -0.15) is 13.2 Å². The fourth-order valence-corrected chi connectivity index (χ4v) is 4.43. The molecule has 1 atom stereocenters. The number of urea groups is 1. The van der Waals surface area contributed by atoms with Crippen LogP contribution in [0.15, 0.2) is 64.8 Å². The first-order valence-corrected chi connectivity index (χ1v) is 13.1. The number of aryl methyl sites for hydroxylation is 2. The van der Waals surface area contributed by atoms with Crippen molar-refractivity contribution in [1.29, 1.82) is 5.41 Å². The van der Waals surface area contributed by atoms with Gasteiger partial charge in [-0.1, -0.05) is 43.3 Å². The molecule has 3 rings (SSSR count). The van der Waals surface area contributed by atoms with Crippen LogP contribution in [0.3, 0.4) is 0 Å². The van der Waals surface area contributed by atoms with E-state index in [1.165, 1.54) is 0 Å². The zero-order valence-corrected chi connectivity index (χ0v) is 22.7. The number of aliphatic hydroxyl groups excluding tert-OH is 1. The Kier molecular flexibility index (Phi) is 10.1. The normalized spacial score (nSPS) is 19.8. The summed E-state index contributed by atoms with van der Waals surface area (Å²) in [6.07, 6.45) is -4.50. The number of allylic oxidation sites excluding steroid dienone is 1. The lowest BCUT2D eigenvalue weighted by Crippen LogP contribution is -2.46. The largest absolute Gasteiger partial charge is 0.400 e. The summed E-state index contributed by atoms with van der Waals surface area (Å²) in [6, 6.07) is 13.2. The van der Waals surface area contributed by atoms with E-state index in [-0.39, 0.29) is 37.3 Å². The average molecular weight is 560 g/mol. The molecule has 1 unspecified atom stereocenters. The van der Waals surface area contributed by atoms with Crippen molar-refractivity contribution in [3.63, 3.8) is 0 Å². The summed E-state index contributed by atoms with van der Waals surface area (Å²) in [7, 11) is 0. The lowest BCUT2D eigenvalue weighted by molar-refractivity contribution is -0.135. The number of amides is 2. The highest BCUT2D eigenvalue weighted by atomic mass is 19.4. The van der Waals surface area contributed by atoms with E-state index >= 15 is 0 Å². The summed E-state index contributed by atoms with van der Waals surface area (Å²) in [5.41, 5.74) is 9.17. The number of amidine groups is 1. The first-order valence-electron chi connectivity index (χ1n) is 13.1. The highest BCUT2D eigenvalue weighted by Gasteiger charge is 2.35. The van der Waals surface area contributed by atoms with Crippen molar-refractivity contribution in [1.82, 2.24) is 10.2 Å². The average Bonchev–Trinajstić information content (AvgIpc) is 2.91. The minimum Gasteiger partial charge on any atom is -0.400 e. The van der Waals surface area contributed by atoms with E-state index in [1.54, 1.807) is 30.3 Å². The minimum atomic E-state index is -4.52. The predicted octanol–water partition coefficient (Wildman–Crippen LogP) is 4.74. The number of hydrogen-bond acceptors (Lipinski definition) is 6. The number of carbonyl (C=O) groups excluding carboxylic acids is 1. The molecular weight excluding hydrogens is 523 g/mol. The van der Waals surface area contributed by atoms with Crippen LogP contribution in [0.2, 0.25) is 0 Å². The van der Waals surface area contributed by atoms with Crippen molar-refractivity contribution in [3.05, 3.63) is 76.5 Å². The number of hydrogen-bond donors (Lipinski definition) is 5. The maximum atomic E-state index is 13.1. The third kappa shape index (κ3) is 8.40. The summed E-state index contributed by atoms with van der Waals surface area (Å²) < 4.78 is 39.1. The summed E-state index contributed by atoms with van der Waals surface area (Å²) >= 11 is 0. The van der Waals surface area contributed by atoms with E-state index in [2.05, 4.69) is 10.3 Å². The maximum Gasteiger partial charge on any atom is 0.390 e. The van der Waals surface area contributed by atoms with Gasteiger partial charge in [0.2, 0.25) is 0 Å². The SMILES string of the molecule is CCc1ccc(C(=N)N(CCC(F)(F)F)C(=O)NC/C(N)=C2\CCC(O)(CO)CC2=Nc2cccc(C)c2)cc1. The number of nitrogens with one attached hydrogen (secondary N) is 2. The third-order valence-electron chi connectivity index (χ3n) is 6.83. The van der Waals surface area contributed by atoms with Gasteiger partial charge in [-0.15, -0.1) is 0 Å². The van der Waals surface area contributed by atoms with Crippen molar-refractivity contribution >= 4 is 23.3 Å². The summed E-state index contributed by atoms with van der Waals surface area (Å²) in [5.74, 6) is -0.358. The Morgan fingerprint density at radius 1 is 1.23 bits per heavy atom. The van der Waals surface area contributed by atoms with Gasteiger partial charge in [-0.05, 0) is 55.0 Å². The Hall–Kier alpha value is -3.70. The van der Waals surface area contributed by atoms with Crippen LogP contribution in [0.25, 0.3) is 0 Å². The monoisotopic (exact) mass is 559 g/mol. The molecule has 216 valence electrons. The topological polar surface area (TPSA) is 135 Å². The van der Waals surface area contributed by atoms with Gasteiger partial charge in [-0.3, -0.25) is 15.3 Å². The van der Waals surface area contributed by atoms with E-state index in [4.69, 9.17) is 11.1 Å². The van der Waals surface area contributed by atoms with Gasteiger partial charge in [0.05, 0.1) is 30.9 Å². The fraction of sp³-hybridized carbons (Fsp3) is 0.414. The predicted molar refractivity (Wildman–Crippen MR) is 149 cm³/mol. The highest BCUT2D eigenvalue weighted by Crippen LogP contribution is 2.32. The molecule has 0 radical (unpaired) electrons. The lowest BCUT2D eigenvalue weighted by Gasteiger charge is -2.33. The maximum absolute atomic E-state index is 13.1. The molecule has 2 amide bonds. The Balaban J connectivity index is 1.84. The Bertz CT molecular complexity index is 1270. The smallest absolute Gasteiger partial charge is 0.390 e. The van der Waals surface area contributed by atoms with Gasteiger partial charge < -0.3 is 21.3 Å². The molecule has 1 aliphatic rings. The van der Waals surface area contributed by atoms with Crippen LogP contribution < -0.4 is 11.1 Å². The number of benzene rings is 2. The molecule has 8 nitrogen and oxygen atoms in total. The molecule has 1 fully saturated rings. The molecule has 1 aliphatic carbocycles. The van der Waals surface area contributed by atoms with Gasteiger partial charge in [0.25, 0.3) is 0 Å². The number of halogens is 3. The van der Waals surface area contributed by atoms with Crippen LogP contribution >= 0.6 is 0 Å². The van der Waals surface area contributed by atoms with Gasteiger partial charge in [-0.25, -0.2) is 4.79 Å². The van der Waals surface area contributed by atoms with Crippen molar-refractivity contribution in [2.75, 3.05) is 19.7 Å². The Morgan fingerprint density at radius 3 is 2.52 bits per heavy atom. The quantitative estimate of drug-likeness (QED) is 0.236. The van der Waals surface area contributed by atoms with E-state index in [9.17, 15) is 28.2 Å². The molecule has 6 N–H and O–H groups in total. The molecule has 0 spiro atoms. The van der Waals surface area contributed by atoms with E-state index in [0.717, 1.165) is 22.4 Å². The molecule has 11 heteroatoms. The molecule has 2 aromatic carbocycles. The van der Waals surface area contributed by atoms with Gasteiger partial charge in [0, 0.05) is 29.9 Å². The summed E-state index contributed by atoms with van der Waals surface area (Å²) in [4.78, 5) is 18.5. The number of rotatable bonds is 8. The fourth-order valence-electron chi connectivity index (χ4n) is 4.43. The lowest BCUT2D eigenvalue weighted by atomic mass is 9.80. The third-order valence-corrected chi connectivity index (χ3v) is 6.83. The van der Waals surface area contributed by atoms with Crippen LogP contribution in [-0.4, -0.2) is 64.2 Å². The Labute approximate surface area is 231 Å². The number of alkyl halides is 3. The highest BCUT2D eigenvalue weighted by molar-refractivity contribution is 6.06. The molecule has 2 aromatic rings. The van der Waals surface area contributed by atoms with Gasteiger partial charge in [0.1, 0.15) is 5.84 Å². The number of nitrogens with two attached hydrogens (primary N) is 1. The second kappa shape index (κ2) is 13.1. The first-order chi connectivity index (χ1) is 18.8. The number of nitrogens with zero attached hydrogens (tertiary/aromatic N) is 2. The summed E-state index contributed by atoms with van der Waals surface area (Å²) in [6.45, 7) is 2.47. The molecule has 0 aliphatic heterocycles. The molecular formula is C29H36F3N5O3. The zero-order valence-electron chi connectivity index (χ0n) is 22.7. The van der Waals surface area contributed by atoms with Crippen LogP contribution in [0.4, 0.5) is 23.7 Å². The second-order valence-electron chi connectivity index (χ2n) is 10.0. The van der Waals surface area contributed by atoms with Crippen LogP contribution in [0.5, 0.6) is 0 Å². The molecule has 0 aromatic heterocycles. The van der Waals surface area contributed by atoms with Crippen molar-refractivity contribution in [2.24, 2.45) is 10.7 Å². The zero-order chi connectivity index (χ0) is 29.5. The van der Waals surface area contributed by atoms with Crippen LogP contribution in [-0.2, 0) is 6.42 Å². The van der Waals surface area contributed by atoms with Crippen LogP contribution in [0, 0.1) is 12.3 Å². The van der Waals surface area contributed by atoms with Gasteiger partial charge >= 0.3 is 12.2 Å².